The van der Waals surface area contributed by atoms with Gasteiger partial charge >= 0.3 is 0 Å². The average Bonchev–Trinajstić information content (AvgIpc) is 3.12. The minimum atomic E-state index is -0.267. The lowest BCUT2D eigenvalue weighted by atomic mass is 10.0. The molecule has 0 bridgehead atoms. The highest BCUT2D eigenvalue weighted by Crippen LogP contribution is 2.48. The first kappa shape index (κ1) is 13.4. The van der Waals surface area contributed by atoms with Gasteiger partial charge in [-0.3, -0.25) is 4.79 Å². The van der Waals surface area contributed by atoms with Crippen LogP contribution in [0.4, 0.5) is 5.69 Å². The van der Waals surface area contributed by atoms with Crippen LogP contribution in [-0.2, 0) is 6.54 Å². The second kappa shape index (κ2) is 5.28. The maximum absolute atomic E-state index is 11.8. The summed E-state index contributed by atoms with van der Waals surface area (Å²) in [5.41, 5.74) is 0.490. The number of hydrogen-bond acceptors (Lipinski definition) is 4. The summed E-state index contributed by atoms with van der Waals surface area (Å²) in [5.74, 6) is 0. The summed E-state index contributed by atoms with van der Waals surface area (Å²) < 4.78 is 1.33. The van der Waals surface area contributed by atoms with Gasteiger partial charge in [0, 0.05) is 19.7 Å². The van der Waals surface area contributed by atoms with E-state index in [1.807, 2.05) is 6.92 Å². The van der Waals surface area contributed by atoms with Crippen molar-refractivity contribution in [3.05, 3.63) is 21.6 Å². The summed E-state index contributed by atoms with van der Waals surface area (Å²) >= 11 is 6.02. The number of nitrogens with one attached hydrogen (secondary N) is 1. The van der Waals surface area contributed by atoms with Crippen molar-refractivity contribution in [3.8, 4) is 0 Å². The van der Waals surface area contributed by atoms with Gasteiger partial charge in [0.05, 0.1) is 11.9 Å². The van der Waals surface area contributed by atoms with E-state index in [4.69, 9.17) is 16.7 Å². The SMILES string of the molecule is CCn1ncc(NCC2(CCO)CC2)c(Cl)c1=O. The van der Waals surface area contributed by atoms with Gasteiger partial charge in [-0.05, 0) is 31.6 Å². The van der Waals surface area contributed by atoms with Gasteiger partial charge in [0.15, 0.2) is 0 Å². The van der Waals surface area contributed by atoms with Crippen LogP contribution in [0.25, 0.3) is 0 Å². The summed E-state index contributed by atoms with van der Waals surface area (Å²) in [6, 6.07) is 0. The Bertz CT molecular complexity index is 483. The second-order valence-electron chi connectivity index (χ2n) is 4.82. The van der Waals surface area contributed by atoms with Gasteiger partial charge in [-0.2, -0.15) is 5.10 Å². The molecular formula is C12H18ClN3O2. The Morgan fingerprint density at radius 1 is 1.61 bits per heavy atom. The number of aromatic nitrogens is 2. The summed E-state index contributed by atoms with van der Waals surface area (Å²) in [7, 11) is 0. The van der Waals surface area contributed by atoms with Crippen LogP contribution in [-0.4, -0.2) is 28.0 Å². The van der Waals surface area contributed by atoms with Gasteiger partial charge in [-0.1, -0.05) is 11.6 Å². The Balaban J connectivity index is 2.06. The van der Waals surface area contributed by atoms with Crippen molar-refractivity contribution >= 4 is 17.3 Å². The Labute approximate surface area is 111 Å². The van der Waals surface area contributed by atoms with Gasteiger partial charge in [0.2, 0.25) is 0 Å². The topological polar surface area (TPSA) is 67.2 Å². The Morgan fingerprint density at radius 3 is 2.89 bits per heavy atom. The van der Waals surface area contributed by atoms with Crippen molar-refractivity contribution in [3.63, 3.8) is 0 Å². The molecule has 2 N–H and O–H groups in total. The number of anilines is 1. The van der Waals surface area contributed by atoms with E-state index in [0.29, 0.717) is 12.2 Å². The maximum Gasteiger partial charge on any atom is 0.287 e. The molecule has 1 fully saturated rings. The maximum atomic E-state index is 11.8. The Hall–Kier alpha value is -1.07. The Morgan fingerprint density at radius 2 is 2.33 bits per heavy atom. The predicted molar refractivity (Wildman–Crippen MR) is 71.0 cm³/mol. The van der Waals surface area contributed by atoms with Gasteiger partial charge in [0.25, 0.3) is 5.56 Å². The lowest BCUT2D eigenvalue weighted by molar-refractivity contribution is 0.253. The van der Waals surface area contributed by atoms with E-state index in [9.17, 15) is 4.79 Å². The zero-order valence-corrected chi connectivity index (χ0v) is 11.2. The average molecular weight is 272 g/mol. The van der Waals surface area contributed by atoms with Crippen LogP contribution in [0.2, 0.25) is 5.02 Å². The monoisotopic (exact) mass is 271 g/mol. The highest BCUT2D eigenvalue weighted by molar-refractivity contribution is 6.32. The quantitative estimate of drug-likeness (QED) is 0.823. The molecule has 5 nitrogen and oxygen atoms in total. The van der Waals surface area contributed by atoms with Crippen LogP contribution in [0.1, 0.15) is 26.2 Å². The van der Waals surface area contributed by atoms with E-state index in [1.54, 1.807) is 6.20 Å². The third kappa shape index (κ3) is 2.67. The standard InChI is InChI=1S/C12H18ClN3O2/c1-2-16-11(18)10(13)9(7-15-16)14-8-12(3-4-12)5-6-17/h7,14,17H,2-6,8H2,1H3. The molecule has 0 aliphatic heterocycles. The molecule has 0 radical (unpaired) electrons. The van der Waals surface area contributed by atoms with E-state index >= 15 is 0 Å². The van der Waals surface area contributed by atoms with Crippen LogP contribution in [0.15, 0.2) is 11.0 Å². The van der Waals surface area contributed by atoms with Crippen LogP contribution < -0.4 is 10.9 Å². The third-order valence-corrected chi connectivity index (χ3v) is 3.90. The van der Waals surface area contributed by atoms with Crippen molar-refractivity contribution in [1.82, 2.24) is 9.78 Å². The minimum Gasteiger partial charge on any atom is -0.396 e. The molecule has 0 unspecified atom stereocenters. The highest BCUT2D eigenvalue weighted by Gasteiger charge is 2.41. The first-order chi connectivity index (χ1) is 8.62. The van der Waals surface area contributed by atoms with E-state index in [0.717, 1.165) is 25.8 Å². The third-order valence-electron chi connectivity index (χ3n) is 3.54. The van der Waals surface area contributed by atoms with E-state index in [-0.39, 0.29) is 22.6 Å². The van der Waals surface area contributed by atoms with Crippen molar-refractivity contribution in [1.29, 1.82) is 0 Å². The molecule has 2 rings (SSSR count). The lowest BCUT2D eigenvalue weighted by Gasteiger charge is -2.16. The fraction of sp³-hybridized carbons (Fsp3) is 0.667. The normalized spacial score (nSPS) is 16.6. The van der Waals surface area contributed by atoms with E-state index in [1.165, 1.54) is 4.68 Å². The number of aryl methyl sites for hydroxylation is 1. The van der Waals surface area contributed by atoms with Crippen molar-refractivity contribution in [2.24, 2.45) is 5.41 Å². The van der Waals surface area contributed by atoms with E-state index < -0.39 is 0 Å². The molecule has 1 aromatic rings. The van der Waals surface area contributed by atoms with Crippen molar-refractivity contribution in [2.45, 2.75) is 32.7 Å². The molecule has 0 atom stereocenters. The summed E-state index contributed by atoms with van der Waals surface area (Å²) in [5, 5.41) is 16.4. The van der Waals surface area contributed by atoms with Crippen LogP contribution in [0, 0.1) is 5.41 Å². The zero-order valence-electron chi connectivity index (χ0n) is 10.4. The van der Waals surface area contributed by atoms with Gasteiger partial charge < -0.3 is 10.4 Å². The molecule has 0 amide bonds. The largest absolute Gasteiger partial charge is 0.396 e. The number of rotatable bonds is 6. The van der Waals surface area contributed by atoms with Gasteiger partial charge in [0.1, 0.15) is 5.02 Å². The molecule has 6 heteroatoms. The molecule has 1 saturated carbocycles. The minimum absolute atomic E-state index is 0.178. The summed E-state index contributed by atoms with van der Waals surface area (Å²) in [4.78, 5) is 11.8. The molecule has 0 saturated heterocycles. The van der Waals surface area contributed by atoms with Crippen LogP contribution in [0.5, 0.6) is 0 Å². The Kier molecular flexibility index (Phi) is 3.92. The van der Waals surface area contributed by atoms with Crippen molar-refractivity contribution in [2.75, 3.05) is 18.5 Å². The first-order valence-electron chi connectivity index (χ1n) is 6.22. The first-order valence-corrected chi connectivity index (χ1v) is 6.60. The molecule has 100 valence electrons. The predicted octanol–water partition coefficient (Wildman–Crippen LogP) is 1.49. The molecule has 1 aliphatic rings. The molecule has 1 heterocycles. The zero-order chi connectivity index (χ0) is 13.2. The molecule has 1 aliphatic carbocycles. The molecular weight excluding hydrogens is 254 g/mol. The van der Waals surface area contributed by atoms with E-state index in [2.05, 4.69) is 10.4 Å². The van der Waals surface area contributed by atoms with Crippen LogP contribution in [0.3, 0.4) is 0 Å². The number of halogens is 1. The fourth-order valence-corrected chi connectivity index (χ4v) is 2.24. The highest BCUT2D eigenvalue weighted by atomic mass is 35.5. The van der Waals surface area contributed by atoms with Gasteiger partial charge in [-0.25, -0.2) is 4.68 Å². The number of aliphatic hydroxyl groups excluding tert-OH is 1. The smallest absolute Gasteiger partial charge is 0.287 e. The lowest BCUT2D eigenvalue weighted by Crippen LogP contribution is -2.25. The number of aliphatic hydroxyl groups is 1. The second-order valence-corrected chi connectivity index (χ2v) is 5.20. The van der Waals surface area contributed by atoms with Gasteiger partial charge in [-0.15, -0.1) is 0 Å². The summed E-state index contributed by atoms with van der Waals surface area (Å²) in [6.07, 6.45) is 4.59. The number of nitrogens with zero attached hydrogens (tertiary/aromatic N) is 2. The van der Waals surface area contributed by atoms with Crippen LogP contribution >= 0.6 is 11.6 Å². The number of hydrogen-bond donors (Lipinski definition) is 2. The molecule has 1 aromatic heterocycles. The molecule has 0 spiro atoms. The molecule has 0 aromatic carbocycles. The fourth-order valence-electron chi connectivity index (χ4n) is 2.03. The van der Waals surface area contributed by atoms with Crippen molar-refractivity contribution < 1.29 is 5.11 Å². The summed E-state index contributed by atoms with van der Waals surface area (Å²) in [6.45, 7) is 3.28. The molecule has 18 heavy (non-hydrogen) atoms.